The number of amides is 1. The summed E-state index contributed by atoms with van der Waals surface area (Å²) in [5.74, 6) is -0.319. The number of carboxylic acids is 1. The van der Waals surface area contributed by atoms with E-state index in [0.717, 1.165) is 30.7 Å². The number of hydrogen-bond donors (Lipinski definition) is 2. The Labute approximate surface area is 171 Å². The molecule has 1 amide bonds. The lowest BCUT2D eigenvalue weighted by molar-refractivity contribution is -0.141. The summed E-state index contributed by atoms with van der Waals surface area (Å²) in [6, 6.07) is 8.55. The van der Waals surface area contributed by atoms with E-state index in [9.17, 15) is 14.7 Å². The van der Waals surface area contributed by atoms with E-state index in [0.29, 0.717) is 12.8 Å². The molecule has 1 atom stereocenters. The fraction of sp³-hybridized carbons (Fsp3) is 0.667. The normalized spacial score (nSPS) is 12.1. The van der Waals surface area contributed by atoms with Crippen molar-refractivity contribution in [2.24, 2.45) is 5.92 Å². The van der Waals surface area contributed by atoms with Gasteiger partial charge >= 0.3 is 5.97 Å². The molecule has 1 aromatic carbocycles. The van der Waals surface area contributed by atoms with Crippen LogP contribution in [-0.2, 0) is 16.0 Å². The summed E-state index contributed by atoms with van der Waals surface area (Å²) >= 11 is 0. The number of carbonyl (C=O) groups excluding carboxylic acids is 1. The van der Waals surface area contributed by atoms with Crippen LogP contribution in [0.15, 0.2) is 30.3 Å². The largest absolute Gasteiger partial charge is 0.480 e. The van der Waals surface area contributed by atoms with Crippen LogP contribution in [0, 0.1) is 5.92 Å². The van der Waals surface area contributed by atoms with Crippen LogP contribution in [0.4, 0.5) is 0 Å². The maximum Gasteiger partial charge on any atom is 0.326 e. The van der Waals surface area contributed by atoms with Crippen molar-refractivity contribution in [1.29, 1.82) is 0 Å². The molecular formula is C24H39NO3. The Morgan fingerprint density at radius 2 is 1.39 bits per heavy atom. The molecule has 0 aliphatic rings. The molecule has 28 heavy (non-hydrogen) atoms. The number of hydrogen-bond acceptors (Lipinski definition) is 2. The summed E-state index contributed by atoms with van der Waals surface area (Å²) in [6.07, 6.45) is 13.0. The predicted octanol–water partition coefficient (Wildman–Crippen LogP) is 5.75. The molecule has 0 aromatic heterocycles. The monoisotopic (exact) mass is 389 g/mol. The number of aliphatic carboxylic acids is 1. The van der Waals surface area contributed by atoms with E-state index < -0.39 is 12.0 Å². The zero-order valence-electron chi connectivity index (χ0n) is 17.8. The second kappa shape index (κ2) is 15.1. The molecule has 4 nitrogen and oxygen atoms in total. The third-order valence-electron chi connectivity index (χ3n) is 5.10. The highest BCUT2D eigenvalue weighted by Crippen LogP contribution is 2.13. The van der Waals surface area contributed by atoms with Gasteiger partial charge in [-0.15, -0.1) is 0 Å². The first-order valence-electron chi connectivity index (χ1n) is 11.0. The Hall–Kier alpha value is -1.84. The third kappa shape index (κ3) is 12.5. The molecule has 0 radical (unpaired) electrons. The quantitative estimate of drug-likeness (QED) is 0.354. The lowest BCUT2D eigenvalue weighted by atomic mass is 10.0. The Kier molecular flexibility index (Phi) is 13.1. The van der Waals surface area contributed by atoms with Gasteiger partial charge in [-0.2, -0.15) is 0 Å². The number of benzene rings is 1. The molecule has 0 aliphatic heterocycles. The molecule has 1 aromatic rings. The van der Waals surface area contributed by atoms with E-state index in [2.05, 4.69) is 19.2 Å². The molecule has 158 valence electrons. The van der Waals surface area contributed by atoms with Crippen LogP contribution >= 0.6 is 0 Å². The molecule has 0 saturated heterocycles. The van der Waals surface area contributed by atoms with Crippen LogP contribution in [0.5, 0.6) is 0 Å². The maximum absolute atomic E-state index is 12.1. The Balaban J connectivity index is 2.05. The summed E-state index contributed by atoms with van der Waals surface area (Å²) < 4.78 is 0. The molecule has 0 aliphatic carbocycles. The molecule has 0 fully saturated rings. The number of carbonyl (C=O) groups is 2. The second-order valence-corrected chi connectivity index (χ2v) is 8.26. The molecule has 4 heteroatoms. The zero-order chi connectivity index (χ0) is 20.6. The Morgan fingerprint density at radius 3 is 1.93 bits per heavy atom. The fourth-order valence-electron chi connectivity index (χ4n) is 3.39. The van der Waals surface area contributed by atoms with E-state index in [1.54, 1.807) is 0 Å². The minimum absolute atomic E-state index is 0.159. The van der Waals surface area contributed by atoms with Crippen LogP contribution in [0.3, 0.4) is 0 Å². The molecule has 2 N–H and O–H groups in total. The molecular weight excluding hydrogens is 350 g/mol. The van der Waals surface area contributed by atoms with Gasteiger partial charge in [-0.1, -0.05) is 102 Å². The van der Waals surface area contributed by atoms with Gasteiger partial charge in [-0.3, -0.25) is 4.79 Å². The summed E-state index contributed by atoms with van der Waals surface area (Å²) in [5, 5.41) is 12.0. The van der Waals surface area contributed by atoms with Gasteiger partial charge in [-0.05, 0) is 17.9 Å². The van der Waals surface area contributed by atoms with Gasteiger partial charge in [0.1, 0.15) is 6.04 Å². The lowest BCUT2D eigenvalue weighted by Crippen LogP contribution is -2.42. The van der Waals surface area contributed by atoms with Crippen LogP contribution in [0.2, 0.25) is 0 Å². The van der Waals surface area contributed by atoms with Crippen LogP contribution < -0.4 is 5.32 Å². The number of rotatable bonds is 16. The van der Waals surface area contributed by atoms with Crippen molar-refractivity contribution >= 4 is 11.9 Å². The van der Waals surface area contributed by atoms with E-state index in [1.165, 1.54) is 44.9 Å². The van der Waals surface area contributed by atoms with E-state index in [-0.39, 0.29) is 5.91 Å². The van der Waals surface area contributed by atoms with Gasteiger partial charge in [0.25, 0.3) is 0 Å². The van der Waals surface area contributed by atoms with Gasteiger partial charge < -0.3 is 10.4 Å². The van der Waals surface area contributed by atoms with Crippen LogP contribution in [0.1, 0.15) is 90.0 Å². The van der Waals surface area contributed by atoms with Gasteiger partial charge in [0.2, 0.25) is 5.91 Å². The van der Waals surface area contributed by atoms with Crippen molar-refractivity contribution in [3.05, 3.63) is 35.9 Å². The Bertz CT molecular complexity index is 542. The first kappa shape index (κ1) is 24.2. The standard InChI is InChI=1S/C24H39NO3/c1-20(2)15-11-8-6-4-3-5-7-9-14-18-23(26)25-22(24(27)28)19-21-16-12-10-13-17-21/h10,12-13,16-17,20,22H,3-9,11,14-15,18-19H2,1-2H3,(H,25,26)(H,27,28)/t22-/m0/s1. The molecule has 0 heterocycles. The first-order chi connectivity index (χ1) is 13.5. The van der Waals surface area contributed by atoms with Crippen molar-refractivity contribution in [1.82, 2.24) is 5.32 Å². The maximum atomic E-state index is 12.1. The van der Waals surface area contributed by atoms with Gasteiger partial charge in [0.15, 0.2) is 0 Å². The SMILES string of the molecule is CC(C)CCCCCCCCCCCC(=O)N[C@@H](Cc1ccccc1)C(=O)O. The van der Waals surface area contributed by atoms with Crippen molar-refractivity contribution in [3.63, 3.8) is 0 Å². The van der Waals surface area contributed by atoms with Crippen molar-refractivity contribution in [2.75, 3.05) is 0 Å². The highest BCUT2D eigenvalue weighted by molar-refractivity contribution is 5.83. The lowest BCUT2D eigenvalue weighted by Gasteiger charge is -2.14. The summed E-state index contributed by atoms with van der Waals surface area (Å²) in [7, 11) is 0. The molecule has 0 unspecified atom stereocenters. The Morgan fingerprint density at radius 1 is 0.857 bits per heavy atom. The minimum atomic E-state index is -0.981. The predicted molar refractivity (Wildman–Crippen MR) is 115 cm³/mol. The minimum Gasteiger partial charge on any atom is -0.480 e. The summed E-state index contributed by atoms with van der Waals surface area (Å²) in [6.45, 7) is 4.57. The molecule has 0 spiro atoms. The average Bonchev–Trinajstić information content (AvgIpc) is 2.66. The van der Waals surface area contributed by atoms with Crippen molar-refractivity contribution in [3.8, 4) is 0 Å². The molecule has 0 bridgehead atoms. The molecule has 0 saturated carbocycles. The summed E-state index contributed by atoms with van der Waals surface area (Å²) in [4.78, 5) is 23.5. The smallest absolute Gasteiger partial charge is 0.326 e. The number of unbranched alkanes of at least 4 members (excludes halogenated alkanes) is 8. The fourth-order valence-corrected chi connectivity index (χ4v) is 3.39. The van der Waals surface area contributed by atoms with Crippen molar-refractivity contribution in [2.45, 2.75) is 96.9 Å². The highest BCUT2D eigenvalue weighted by Gasteiger charge is 2.19. The van der Waals surface area contributed by atoms with Gasteiger partial charge in [0.05, 0.1) is 0 Å². The average molecular weight is 390 g/mol. The zero-order valence-corrected chi connectivity index (χ0v) is 17.8. The third-order valence-corrected chi connectivity index (χ3v) is 5.10. The summed E-state index contributed by atoms with van der Waals surface area (Å²) in [5.41, 5.74) is 0.916. The van der Waals surface area contributed by atoms with Gasteiger partial charge in [-0.25, -0.2) is 4.79 Å². The highest BCUT2D eigenvalue weighted by atomic mass is 16.4. The van der Waals surface area contributed by atoms with Crippen LogP contribution in [0.25, 0.3) is 0 Å². The van der Waals surface area contributed by atoms with Crippen molar-refractivity contribution < 1.29 is 14.7 Å². The topological polar surface area (TPSA) is 66.4 Å². The second-order valence-electron chi connectivity index (χ2n) is 8.26. The van der Waals surface area contributed by atoms with E-state index >= 15 is 0 Å². The number of nitrogens with one attached hydrogen (secondary N) is 1. The van der Waals surface area contributed by atoms with Crippen LogP contribution in [-0.4, -0.2) is 23.0 Å². The van der Waals surface area contributed by atoms with E-state index in [1.807, 2.05) is 30.3 Å². The molecule has 1 rings (SSSR count). The first-order valence-corrected chi connectivity index (χ1v) is 11.0. The van der Waals surface area contributed by atoms with Gasteiger partial charge in [0, 0.05) is 12.8 Å². The van der Waals surface area contributed by atoms with E-state index in [4.69, 9.17) is 0 Å². The number of carboxylic acid groups (broad SMARTS) is 1.